The number of ether oxygens (including phenoxy) is 2. The fraction of sp³-hybridized carbons (Fsp3) is 0.308. The molecule has 9 heteroatoms. The summed E-state index contributed by atoms with van der Waals surface area (Å²) in [6.07, 6.45) is 4.91. The molecule has 2 heterocycles. The summed E-state index contributed by atoms with van der Waals surface area (Å²) in [4.78, 5) is 22.3. The highest BCUT2D eigenvalue weighted by Crippen LogP contribution is 2.33. The lowest BCUT2D eigenvalue weighted by atomic mass is 10.4. The molecule has 0 aromatic carbocycles. The molecule has 0 unspecified atom stereocenters. The van der Waals surface area contributed by atoms with Crippen molar-refractivity contribution >= 4 is 11.5 Å². The zero-order valence-corrected chi connectivity index (χ0v) is 11.9. The van der Waals surface area contributed by atoms with Gasteiger partial charge in [-0.3, -0.25) is 15.1 Å². The lowest BCUT2D eigenvalue weighted by Crippen LogP contribution is -2.09. The van der Waals surface area contributed by atoms with Crippen molar-refractivity contribution in [1.29, 1.82) is 0 Å². The molecule has 22 heavy (non-hydrogen) atoms. The van der Waals surface area contributed by atoms with Crippen LogP contribution in [-0.4, -0.2) is 40.1 Å². The van der Waals surface area contributed by atoms with Crippen molar-refractivity contribution in [2.24, 2.45) is 0 Å². The van der Waals surface area contributed by atoms with Crippen LogP contribution < -0.4 is 10.1 Å². The van der Waals surface area contributed by atoms with Gasteiger partial charge in [0, 0.05) is 26.5 Å². The fourth-order valence-corrected chi connectivity index (χ4v) is 1.67. The first-order valence-corrected chi connectivity index (χ1v) is 6.52. The molecule has 0 amide bonds. The Hall–Kier alpha value is -2.81. The number of nitrogens with zero attached hydrogens (tertiary/aromatic N) is 4. The van der Waals surface area contributed by atoms with Crippen LogP contribution in [0.5, 0.6) is 11.6 Å². The van der Waals surface area contributed by atoms with Crippen LogP contribution in [0.2, 0.25) is 0 Å². The van der Waals surface area contributed by atoms with Gasteiger partial charge in [0.25, 0.3) is 0 Å². The molecule has 0 saturated heterocycles. The zero-order chi connectivity index (χ0) is 15.8. The molecule has 2 rings (SSSR count). The molecular weight excluding hydrogens is 290 g/mol. The Kier molecular flexibility index (Phi) is 5.55. The van der Waals surface area contributed by atoms with Crippen LogP contribution in [0.4, 0.5) is 11.5 Å². The van der Waals surface area contributed by atoms with Crippen LogP contribution in [0.15, 0.2) is 30.9 Å². The van der Waals surface area contributed by atoms with Crippen LogP contribution in [0, 0.1) is 10.1 Å². The number of nitrogens with one attached hydrogen (secondary N) is 1. The van der Waals surface area contributed by atoms with E-state index in [1.807, 2.05) is 0 Å². The Bertz CT molecular complexity index is 623. The maximum Gasteiger partial charge on any atom is 0.373 e. The topological polar surface area (TPSA) is 112 Å². The van der Waals surface area contributed by atoms with Crippen LogP contribution >= 0.6 is 0 Å². The van der Waals surface area contributed by atoms with E-state index in [0.29, 0.717) is 25.3 Å². The highest BCUT2D eigenvalue weighted by molar-refractivity contribution is 5.61. The highest BCUT2D eigenvalue weighted by Gasteiger charge is 2.24. The predicted molar refractivity (Wildman–Crippen MR) is 78.0 cm³/mol. The van der Waals surface area contributed by atoms with Gasteiger partial charge >= 0.3 is 11.6 Å². The van der Waals surface area contributed by atoms with E-state index in [9.17, 15) is 10.1 Å². The van der Waals surface area contributed by atoms with Crippen molar-refractivity contribution in [2.45, 2.75) is 6.42 Å². The van der Waals surface area contributed by atoms with Crippen molar-refractivity contribution in [3.8, 4) is 11.6 Å². The minimum Gasteiger partial charge on any atom is -0.432 e. The van der Waals surface area contributed by atoms with Gasteiger partial charge in [0.1, 0.15) is 12.1 Å². The molecule has 2 aromatic rings. The normalized spacial score (nSPS) is 10.2. The zero-order valence-electron chi connectivity index (χ0n) is 11.9. The molecule has 9 nitrogen and oxygen atoms in total. The van der Waals surface area contributed by atoms with Crippen LogP contribution in [0.3, 0.4) is 0 Å². The maximum atomic E-state index is 11.3. The second kappa shape index (κ2) is 7.84. The molecule has 0 saturated carbocycles. The summed E-state index contributed by atoms with van der Waals surface area (Å²) in [5, 5.41) is 14.2. The van der Waals surface area contributed by atoms with Gasteiger partial charge in [0.15, 0.2) is 0 Å². The Balaban J connectivity index is 2.20. The molecule has 1 N–H and O–H groups in total. The number of aromatic nitrogens is 3. The van der Waals surface area contributed by atoms with Crippen LogP contribution in [0.1, 0.15) is 6.42 Å². The molecule has 0 aliphatic heterocycles. The second-order valence-corrected chi connectivity index (χ2v) is 4.20. The van der Waals surface area contributed by atoms with Crippen molar-refractivity contribution in [2.75, 3.05) is 25.6 Å². The Morgan fingerprint density at radius 1 is 1.41 bits per heavy atom. The minimum atomic E-state index is -0.579. The number of anilines is 1. The van der Waals surface area contributed by atoms with E-state index in [1.165, 1.54) is 12.5 Å². The van der Waals surface area contributed by atoms with Crippen molar-refractivity contribution in [3.05, 3.63) is 41.0 Å². The number of hydrogen-bond donors (Lipinski definition) is 1. The van der Waals surface area contributed by atoms with E-state index in [1.54, 1.807) is 25.4 Å². The van der Waals surface area contributed by atoms with E-state index < -0.39 is 4.92 Å². The molecule has 0 bridgehead atoms. The standard InChI is InChI=1S/C13H15N5O4/c1-21-7-3-6-15-12-11(18(19)20)13(17-9-16-12)22-10-4-2-5-14-8-10/h2,4-5,8-9H,3,6-7H2,1H3,(H,15,16,17). The highest BCUT2D eigenvalue weighted by atomic mass is 16.6. The SMILES string of the molecule is COCCCNc1ncnc(Oc2cccnc2)c1[N+](=O)[O-]. The van der Waals surface area contributed by atoms with Gasteiger partial charge in [-0.1, -0.05) is 0 Å². The first-order chi connectivity index (χ1) is 10.7. The van der Waals surface area contributed by atoms with E-state index in [2.05, 4.69) is 20.3 Å². The van der Waals surface area contributed by atoms with Gasteiger partial charge in [0.05, 0.1) is 11.1 Å². The third-order valence-electron chi connectivity index (χ3n) is 2.64. The summed E-state index contributed by atoms with van der Waals surface area (Å²) >= 11 is 0. The van der Waals surface area contributed by atoms with Crippen molar-refractivity contribution < 1.29 is 14.4 Å². The number of pyridine rings is 1. The first-order valence-electron chi connectivity index (χ1n) is 6.52. The lowest BCUT2D eigenvalue weighted by Gasteiger charge is -2.08. The maximum absolute atomic E-state index is 11.3. The second-order valence-electron chi connectivity index (χ2n) is 4.20. The monoisotopic (exact) mass is 305 g/mol. The summed E-state index contributed by atoms with van der Waals surface area (Å²) in [5.41, 5.74) is -0.316. The lowest BCUT2D eigenvalue weighted by molar-refractivity contribution is -0.385. The quantitative estimate of drug-likeness (QED) is 0.448. The largest absolute Gasteiger partial charge is 0.432 e. The number of nitro groups is 1. The van der Waals surface area contributed by atoms with Gasteiger partial charge in [-0.05, 0) is 18.6 Å². The van der Waals surface area contributed by atoms with Gasteiger partial charge in [0.2, 0.25) is 5.82 Å². The predicted octanol–water partition coefficient (Wildman–Crippen LogP) is 2.02. The van der Waals surface area contributed by atoms with E-state index in [-0.39, 0.29) is 17.4 Å². The van der Waals surface area contributed by atoms with Gasteiger partial charge in [-0.25, -0.2) is 4.98 Å². The molecule has 2 aromatic heterocycles. The fourth-order valence-electron chi connectivity index (χ4n) is 1.67. The number of hydrogen-bond acceptors (Lipinski definition) is 8. The average Bonchev–Trinajstić information content (AvgIpc) is 2.52. The molecule has 0 fully saturated rings. The van der Waals surface area contributed by atoms with Crippen LogP contribution in [-0.2, 0) is 4.74 Å². The molecule has 0 aliphatic rings. The smallest absolute Gasteiger partial charge is 0.373 e. The number of rotatable bonds is 8. The third kappa shape index (κ3) is 4.09. The van der Waals surface area contributed by atoms with Crippen molar-refractivity contribution in [1.82, 2.24) is 15.0 Å². The molecular formula is C13H15N5O4. The van der Waals surface area contributed by atoms with E-state index in [0.717, 1.165) is 0 Å². The number of methoxy groups -OCH3 is 1. The summed E-state index contributed by atoms with van der Waals surface area (Å²) in [6, 6.07) is 3.29. The third-order valence-corrected chi connectivity index (χ3v) is 2.64. The van der Waals surface area contributed by atoms with Gasteiger partial charge in [-0.2, -0.15) is 4.98 Å². The molecule has 0 atom stereocenters. The summed E-state index contributed by atoms with van der Waals surface area (Å²) in [5.74, 6) is 0.326. The molecule has 116 valence electrons. The summed E-state index contributed by atoms with van der Waals surface area (Å²) in [7, 11) is 1.59. The summed E-state index contributed by atoms with van der Waals surface area (Å²) in [6.45, 7) is 1.03. The average molecular weight is 305 g/mol. The summed E-state index contributed by atoms with van der Waals surface area (Å²) < 4.78 is 10.3. The van der Waals surface area contributed by atoms with E-state index >= 15 is 0 Å². The molecule has 0 radical (unpaired) electrons. The Labute approximate surface area is 126 Å². The minimum absolute atomic E-state index is 0.106. The molecule has 0 spiro atoms. The van der Waals surface area contributed by atoms with Crippen LogP contribution in [0.25, 0.3) is 0 Å². The van der Waals surface area contributed by atoms with Gasteiger partial charge < -0.3 is 14.8 Å². The molecule has 0 aliphatic carbocycles. The van der Waals surface area contributed by atoms with Gasteiger partial charge in [-0.15, -0.1) is 0 Å². The van der Waals surface area contributed by atoms with Crippen molar-refractivity contribution in [3.63, 3.8) is 0 Å². The first kappa shape index (κ1) is 15.6. The Morgan fingerprint density at radius 2 is 2.27 bits per heavy atom. The van der Waals surface area contributed by atoms with E-state index in [4.69, 9.17) is 9.47 Å². The Morgan fingerprint density at radius 3 is 2.95 bits per heavy atom.